The van der Waals surface area contributed by atoms with E-state index in [2.05, 4.69) is 31.9 Å². The van der Waals surface area contributed by atoms with E-state index in [0.717, 1.165) is 0 Å². The van der Waals surface area contributed by atoms with Crippen molar-refractivity contribution in [1.82, 2.24) is 0 Å². The number of Topliss-reactive ketones (excluding diaryl/α,β-unsaturated/α-hetero) is 1. The summed E-state index contributed by atoms with van der Waals surface area (Å²) in [6, 6.07) is 2.82. The summed E-state index contributed by atoms with van der Waals surface area (Å²) in [5, 5.41) is 10.6. The molecule has 0 aliphatic rings. The predicted octanol–water partition coefficient (Wildman–Crippen LogP) is 3.32. The summed E-state index contributed by atoms with van der Waals surface area (Å²) < 4.78 is 1.03. The summed E-state index contributed by atoms with van der Waals surface area (Å²) in [4.78, 5) is 21.2. The van der Waals surface area contributed by atoms with Crippen molar-refractivity contribution in [2.24, 2.45) is 0 Å². The maximum Gasteiger partial charge on any atom is 0.281 e. The summed E-state index contributed by atoms with van der Waals surface area (Å²) in [5.74, 6) is -0.343. The summed E-state index contributed by atoms with van der Waals surface area (Å²) in [7, 11) is 0. The van der Waals surface area contributed by atoms with Crippen molar-refractivity contribution in [3.05, 3.63) is 36.8 Å². The second-order valence-electron chi connectivity index (χ2n) is 2.57. The van der Waals surface area contributed by atoms with E-state index in [1.54, 1.807) is 0 Å². The normalized spacial score (nSPS) is 9.93. The minimum Gasteiger partial charge on any atom is -0.294 e. The number of nitrogens with zero attached hydrogens (tertiary/aromatic N) is 1. The van der Waals surface area contributed by atoms with Crippen molar-refractivity contribution in [3.8, 4) is 0 Å². The van der Waals surface area contributed by atoms with Crippen LogP contribution >= 0.6 is 31.9 Å². The zero-order valence-corrected chi connectivity index (χ0v) is 10.3. The molecule has 14 heavy (non-hydrogen) atoms. The van der Waals surface area contributed by atoms with E-state index >= 15 is 0 Å². The number of halogens is 2. The number of nitro benzene ring substituents is 1. The lowest BCUT2D eigenvalue weighted by Crippen LogP contribution is -2.01. The summed E-state index contributed by atoms with van der Waals surface area (Å²) in [6.45, 7) is 1.29. The van der Waals surface area contributed by atoms with Gasteiger partial charge in [-0.1, -0.05) is 0 Å². The Bertz CT molecular complexity index is 417. The smallest absolute Gasteiger partial charge is 0.281 e. The quantitative estimate of drug-likeness (QED) is 0.476. The number of ketones is 1. The highest BCUT2D eigenvalue weighted by molar-refractivity contribution is 9.13. The molecule has 0 N–H and O–H groups in total. The second-order valence-corrected chi connectivity index (χ2v) is 4.22. The Morgan fingerprint density at radius 3 is 2.43 bits per heavy atom. The molecule has 0 unspecified atom stereocenters. The van der Waals surface area contributed by atoms with Crippen molar-refractivity contribution < 1.29 is 9.72 Å². The molecule has 0 amide bonds. The van der Waals surface area contributed by atoms with Gasteiger partial charge in [-0.3, -0.25) is 14.9 Å². The third-order valence-electron chi connectivity index (χ3n) is 1.62. The molecule has 0 saturated carbocycles. The first-order valence-corrected chi connectivity index (χ1v) is 5.17. The molecular formula is C8H5Br2NO3. The maximum absolute atomic E-state index is 11.2. The number of nitro groups is 1. The van der Waals surface area contributed by atoms with Gasteiger partial charge in [-0.05, 0) is 44.8 Å². The SMILES string of the molecule is CC(=O)c1c([N+](=O)[O-])ccc(Br)c1Br. The Morgan fingerprint density at radius 1 is 1.43 bits per heavy atom. The van der Waals surface area contributed by atoms with Crippen LogP contribution in [0.2, 0.25) is 0 Å². The average molecular weight is 323 g/mol. The third kappa shape index (κ3) is 2.01. The van der Waals surface area contributed by atoms with Gasteiger partial charge in [0, 0.05) is 15.0 Å². The van der Waals surface area contributed by atoms with Gasteiger partial charge in [0.15, 0.2) is 5.78 Å². The van der Waals surface area contributed by atoms with Crippen LogP contribution in [0.5, 0.6) is 0 Å². The zero-order chi connectivity index (χ0) is 10.9. The predicted molar refractivity (Wildman–Crippen MR) is 58.5 cm³/mol. The van der Waals surface area contributed by atoms with Gasteiger partial charge in [-0.2, -0.15) is 0 Å². The molecule has 0 spiro atoms. The maximum atomic E-state index is 11.2. The van der Waals surface area contributed by atoms with Crippen molar-refractivity contribution >= 4 is 43.3 Å². The van der Waals surface area contributed by atoms with Crippen LogP contribution in [0.4, 0.5) is 5.69 Å². The van der Waals surface area contributed by atoms with Gasteiger partial charge in [-0.15, -0.1) is 0 Å². The molecule has 0 aliphatic carbocycles. The lowest BCUT2D eigenvalue weighted by atomic mass is 10.1. The Labute approximate surface area is 96.7 Å². The number of carbonyl (C=O) groups excluding carboxylic acids is 1. The van der Waals surface area contributed by atoms with E-state index in [9.17, 15) is 14.9 Å². The average Bonchev–Trinajstić information content (AvgIpc) is 2.08. The van der Waals surface area contributed by atoms with Crippen molar-refractivity contribution in [2.75, 3.05) is 0 Å². The van der Waals surface area contributed by atoms with Crippen molar-refractivity contribution in [3.63, 3.8) is 0 Å². The fraction of sp³-hybridized carbons (Fsp3) is 0.125. The highest BCUT2D eigenvalue weighted by atomic mass is 79.9. The number of carbonyl (C=O) groups is 1. The first-order chi connectivity index (χ1) is 6.45. The van der Waals surface area contributed by atoms with Gasteiger partial charge < -0.3 is 0 Å². The van der Waals surface area contributed by atoms with E-state index in [1.807, 2.05) is 0 Å². The van der Waals surface area contributed by atoms with Crippen molar-refractivity contribution in [2.45, 2.75) is 6.92 Å². The molecule has 6 heteroatoms. The minimum atomic E-state index is -0.575. The number of hydrogen-bond donors (Lipinski definition) is 0. The van der Waals surface area contributed by atoms with Crippen LogP contribution in [-0.2, 0) is 0 Å². The van der Waals surface area contributed by atoms with Crippen LogP contribution in [0.1, 0.15) is 17.3 Å². The van der Waals surface area contributed by atoms with E-state index in [-0.39, 0.29) is 17.0 Å². The van der Waals surface area contributed by atoms with Crippen LogP contribution in [-0.4, -0.2) is 10.7 Å². The van der Waals surface area contributed by atoms with Gasteiger partial charge in [-0.25, -0.2) is 0 Å². The molecule has 0 atom stereocenters. The molecule has 1 rings (SSSR count). The second kappa shape index (κ2) is 4.18. The fourth-order valence-corrected chi connectivity index (χ4v) is 1.97. The fourth-order valence-electron chi connectivity index (χ4n) is 1.03. The first kappa shape index (κ1) is 11.3. The molecular weight excluding hydrogens is 318 g/mol. The molecule has 74 valence electrons. The van der Waals surface area contributed by atoms with Crippen LogP contribution in [0.3, 0.4) is 0 Å². The van der Waals surface area contributed by atoms with Gasteiger partial charge >= 0.3 is 0 Å². The Hall–Kier alpha value is -0.750. The van der Waals surface area contributed by atoms with E-state index in [1.165, 1.54) is 19.1 Å². The summed E-state index contributed by atoms with van der Waals surface area (Å²) >= 11 is 6.30. The molecule has 0 radical (unpaired) electrons. The van der Waals surface area contributed by atoms with Crippen LogP contribution in [0.25, 0.3) is 0 Å². The van der Waals surface area contributed by atoms with Gasteiger partial charge in [0.05, 0.1) is 4.92 Å². The number of benzene rings is 1. The van der Waals surface area contributed by atoms with E-state index in [0.29, 0.717) is 8.95 Å². The lowest BCUT2D eigenvalue weighted by molar-refractivity contribution is -0.385. The third-order valence-corrected chi connectivity index (χ3v) is 3.64. The van der Waals surface area contributed by atoms with Crippen molar-refractivity contribution in [1.29, 1.82) is 0 Å². The highest BCUT2D eigenvalue weighted by Gasteiger charge is 2.21. The summed E-state index contributed by atoms with van der Waals surface area (Å²) in [5.41, 5.74) is -0.100. The first-order valence-electron chi connectivity index (χ1n) is 3.58. The molecule has 0 bridgehead atoms. The van der Waals surface area contributed by atoms with E-state index in [4.69, 9.17) is 0 Å². The Kier molecular flexibility index (Phi) is 3.38. The monoisotopic (exact) mass is 321 g/mol. The largest absolute Gasteiger partial charge is 0.294 e. The molecule has 0 fully saturated rings. The minimum absolute atomic E-state index is 0.0874. The molecule has 0 aromatic heterocycles. The van der Waals surface area contributed by atoms with Gasteiger partial charge in [0.25, 0.3) is 5.69 Å². The molecule has 0 aliphatic heterocycles. The molecule has 4 nitrogen and oxygen atoms in total. The number of rotatable bonds is 2. The Balaban J connectivity index is 3.53. The molecule has 1 aromatic rings. The van der Waals surface area contributed by atoms with Gasteiger partial charge in [0.2, 0.25) is 0 Å². The molecule has 1 aromatic carbocycles. The lowest BCUT2D eigenvalue weighted by Gasteiger charge is -2.03. The molecule has 0 saturated heterocycles. The highest BCUT2D eigenvalue weighted by Crippen LogP contribution is 2.33. The molecule has 0 heterocycles. The topological polar surface area (TPSA) is 60.2 Å². The zero-order valence-electron chi connectivity index (χ0n) is 7.08. The van der Waals surface area contributed by atoms with Gasteiger partial charge in [0.1, 0.15) is 5.56 Å². The van der Waals surface area contributed by atoms with E-state index < -0.39 is 4.92 Å². The Morgan fingerprint density at radius 2 is 2.00 bits per heavy atom. The summed E-state index contributed by atoms with van der Waals surface area (Å²) in [6.07, 6.45) is 0. The standard InChI is InChI=1S/C8H5Br2NO3/c1-4(12)7-6(11(13)14)3-2-5(9)8(7)10/h2-3H,1H3. The number of hydrogen-bond acceptors (Lipinski definition) is 3. The van der Waals surface area contributed by atoms with Crippen LogP contribution in [0, 0.1) is 10.1 Å². The van der Waals surface area contributed by atoms with Crippen LogP contribution < -0.4 is 0 Å². The van der Waals surface area contributed by atoms with Crippen LogP contribution in [0.15, 0.2) is 21.1 Å².